The molecule has 5 rings (SSSR count). The number of hydrogen-bond acceptors (Lipinski definition) is 6. The number of aryl methyl sites for hydroxylation is 2. The first-order chi connectivity index (χ1) is 14.5. The zero-order chi connectivity index (χ0) is 20.9. The van der Waals surface area contributed by atoms with Crippen LogP contribution < -0.4 is 20.1 Å². The van der Waals surface area contributed by atoms with Crippen LogP contribution >= 0.6 is 0 Å². The van der Waals surface area contributed by atoms with E-state index in [1.807, 2.05) is 7.05 Å². The molecule has 2 heterocycles. The molecule has 1 atom stereocenters. The quantitative estimate of drug-likeness (QED) is 0.673. The number of rotatable bonds is 4. The Labute approximate surface area is 175 Å². The molecular formula is C20H25N5O4S. The number of aromatic nitrogens is 2. The Bertz CT molecular complexity index is 1090. The van der Waals surface area contributed by atoms with Crippen LogP contribution in [0.3, 0.4) is 0 Å². The summed E-state index contributed by atoms with van der Waals surface area (Å²) in [6.45, 7) is 0.828. The SMILES string of the molecule is CN[C@H]1COc2c(S(=O)(=O)NC(=O)Nc3c4c(cc5c3CCC5)CCC4)cnn2C1. The number of likely N-dealkylation sites (N-methyl/N-ethyl adjacent to an activating group) is 1. The summed E-state index contributed by atoms with van der Waals surface area (Å²) in [5, 5.41) is 10.0. The Morgan fingerprint density at radius 1 is 1.17 bits per heavy atom. The second-order valence-electron chi connectivity index (χ2n) is 8.09. The molecular weight excluding hydrogens is 406 g/mol. The fraction of sp³-hybridized carbons (Fsp3) is 0.500. The Hall–Kier alpha value is -2.59. The Kier molecular flexibility index (Phi) is 4.70. The lowest BCUT2D eigenvalue weighted by atomic mass is 9.99. The van der Waals surface area contributed by atoms with Crippen LogP contribution in [-0.4, -0.2) is 43.9 Å². The Balaban J connectivity index is 1.38. The first-order valence-electron chi connectivity index (χ1n) is 10.3. The summed E-state index contributed by atoms with van der Waals surface area (Å²) < 4.78 is 35.0. The molecule has 1 aromatic carbocycles. The van der Waals surface area contributed by atoms with Crippen molar-refractivity contribution in [2.75, 3.05) is 19.0 Å². The molecule has 2 amide bonds. The second kappa shape index (κ2) is 7.28. The van der Waals surface area contributed by atoms with Crippen LogP contribution in [0.5, 0.6) is 5.88 Å². The third kappa shape index (κ3) is 3.24. The van der Waals surface area contributed by atoms with Crippen molar-refractivity contribution >= 4 is 21.7 Å². The molecule has 0 fully saturated rings. The second-order valence-corrected chi connectivity index (χ2v) is 9.74. The van der Waals surface area contributed by atoms with Crippen molar-refractivity contribution < 1.29 is 17.9 Å². The lowest BCUT2D eigenvalue weighted by Crippen LogP contribution is -2.40. The molecule has 0 spiro atoms. The maximum Gasteiger partial charge on any atom is 0.333 e. The van der Waals surface area contributed by atoms with Crippen LogP contribution in [0.1, 0.15) is 35.1 Å². The smallest absolute Gasteiger partial charge is 0.333 e. The van der Waals surface area contributed by atoms with Crippen LogP contribution in [0, 0.1) is 0 Å². The number of carbonyl (C=O) groups excluding carboxylic acids is 1. The summed E-state index contributed by atoms with van der Waals surface area (Å²) in [4.78, 5) is 12.6. The van der Waals surface area contributed by atoms with Gasteiger partial charge in [-0.2, -0.15) is 5.10 Å². The molecule has 3 aliphatic rings. The molecule has 0 saturated heterocycles. The van der Waals surface area contributed by atoms with Gasteiger partial charge in [-0.3, -0.25) is 0 Å². The van der Waals surface area contributed by atoms with E-state index in [0.29, 0.717) is 13.2 Å². The van der Waals surface area contributed by atoms with Crippen LogP contribution in [0.4, 0.5) is 10.5 Å². The summed E-state index contributed by atoms with van der Waals surface area (Å²) in [5.74, 6) is 0.156. The van der Waals surface area contributed by atoms with Crippen molar-refractivity contribution in [2.45, 2.75) is 56.0 Å². The van der Waals surface area contributed by atoms with E-state index in [1.54, 1.807) is 0 Å². The molecule has 3 N–H and O–H groups in total. The normalized spacial score (nSPS) is 19.6. The maximum absolute atomic E-state index is 12.9. The minimum absolute atomic E-state index is 0.0477. The summed E-state index contributed by atoms with van der Waals surface area (Å²) >= 11 is 0. The van der Waals surface area contributed by atoms with Gasteiger partial charge in [0.15, 0.2) is 4.90 Å². The van der Waals surface area contributed by atoms with E-state index in [9.17, 15) is 13.2 Å². The summed E-state index contributed by atoms with van der Waals surface area (Å²) in [5.41, 5.74) is 5.63. The summed E-state index contributed by atoms with van der Waals surface area (Å²) in [6, 6.07) is 1.55. The van der Waals surface area contributed by atoms with Crippen molar-refractivity contribution in [3.8, 4) is 5.88 Å². The molecule has 160 valence electrons. The molecule has 9 nitrogen and oxygen atoms in total. The van der Waals surface area contributed by atoms with Crippen molar-refractivity contribution in [1.29, 1.82) is 0 Å². The summed E-state index contributed by atoms with van der Waals surface area (Å²) in [6.07, 6.45) is 7.15. The zero-order valence-corrected chi connectivity index (χ0v) is 17.6. The van der Waals surface area contributed by atoms with E-state index >= 15 is 0 Å². The molecule has 10 heteroatoms. The number of sulfonamides is 1. The highest BCUT2D eigenvalue weighted by molar-refractivity contribution is 7.90. The topological polar surface area (TPSA) is 114 Å². The van der Waals surface area contributed by atoms with E-state index in [-0.39, 0.29) is 16.8 Å². The minimum atomic E-state index is -4.12. The number of amides is 2. The van der Waals surface area contributed by atoms with E-state index in [1.165, 1.54) is 22.0 Å². The molecule has 2 aromatic rings. The highest BCUT2D eigenvalue weighted by atomic mass is 32.2. The van der Waals surface area contributed by atoms with Crippen LogP contribution in [0.2, 0.25) is 0 Å². The number of fused-ring (bicyclic) bond motifs is 3. The fourth-order valence-electron chi connectivity index (χ4n) is 4.72. The first kappa shape index (κ1) is 19.4. The van der Waals surface area contributed by atoms with Gasteiger partial charge < -0.3 is 15.4 Å². The van der Waals surface area contributed by atoms with Crippen molar-refractivity contribution in [3.63, 3.8) is 0 Å². The van der Waals surface area contributed by atoms with Gasteiger partial charge in [0.1, 0.15) is 6.61 Å². The number of benzene rings is 1. The molecule has 30 heavy (non-hydrogen) atoms. The highest BCUT2D eigenvalue weighted by Gasteiger charge is 2.31. The molecule has 0 bridgehead atoms. The van der Waals surface area contributed by atoms with Gasteiger partial charge in [-0.25, -0.2) is 22.6 Å². The number of hydrogen-bond donors (Lipinski definition) is 3. The van der Waals surface area contributed by atoms with Crippen LogP contribution in [-0.2, 0) is 42.3 Å². The van der Waals surface area contributed by atoms with Crippen LogP contribution in [0.25, 0.3) is 0 Å². The van der Waals surface area contributed by atoms with E-state index < -0.39 is 16.1 Å². The van der Waals surface area contributed by atoms with Gasteiger partial charge in [0.25, 0.3) is 10.0 Å². The van der Waals surface area contributed by atoms with Gasteiger partial charge in [0.05, 0.1) is 18.8 Å². The van der Waals surface area contributed by atoms with Gasteiger partial charge in [0, 0.05) is 5.69 Å². The Morgan fingerprint density at radius 2 is 1.87 bits per heavy atom. The third-order valence-corrected chi connectivity index (χ3v) is 7.52. The first-order valence-corrected chi connectivity index (χ1v) is 11.8. The third-order valence-electron chi connectivity index (χ3n) is 6.21. The van der Waals surface area contributed by atoms with E-state index in [0.717, 1.165) is 55.3 Å². The van der Waals surface area contributed by atoms with Crippen molar-refractivity contribution in [3.05, 3.63) is 34.5 Å². The number of nitrogens with zero attached hydrogens (tertiary/aromatic N) is 2. The molecule has 0 radical (unpaired) electrons. The standard InChI is InChI=1S/C20H25N5O4S/c1-21-14-10-25-19(29-11-14)17(9-22-25)30(27,28)24-20(26)23-18-15-6-2-4-12(15)8-13-5-3-7-16(13)18/h8-9,14,21H,2-7,10-11H2,1H3,(H2,23,24,26)/t14-/m1/s1. The zero-order valence-electron chi connectivity index (χ0n) is 16.8. The van der Waals surface area contributed by atoms with Gasteiger partial charge in [-0.15, -0.1) is 0 Å². The number of anilines is 1. The van der Waals surface area contributed by atoms with Gasteiger partial charge in [-0.05, 0) is 67.8 Å². The minimum Gasteiger partial charge on any atom is -0.475 e. The van der Waals surface area contributed by atoms with Crippen molar-refractivity contribution in [1.82, 2.24) is 19.8 Å². The number of carbonyl (C=O) groups is 1. The molecule has 0 saturated carbocycles. The molecule has 1 aliphatic heterocycles. The van der Waals surface area contributed by atoms with Crippen molar-refractivity contribution in [2.24, 2.45) is 0 Å². The average molecular weight is 432 g/mol. The average Bonchev–Trinajstić information content (AvgIpc) is 3.45. The number of nitrogens with one attached hydrogen (secondary N) is 3. The van der Waals surface area contributed by atoms with E-state index in [2.05, 4.69) is 26.5 Å². The van der Waals surface area contributed by atoms with Gasteiger partial charge in [0.2, 0.25) is 5.88 Å². The number of ether oxygens (including phenoxy) is 1. The largest absolute Gasteiger partial charge is 0.475 e. The highest BCUT2D eigenvalue weighted by Crippen LogP contribution is 2.38. The predicted octanol–water partition coefficient (Wildman–Crippen LogP) is 1.35. The maximum atomic E-state index is 12.9. The molecule has 1 aromatic heterocycles. The predicted molar refractivity (Wildman–Crippen MR) is 110 cm³/mol. The molecule has 2 aliphatic carbocycles. The van der Waals surface area contributed by atoms with Crippen LogP contribution in [0.15, 0.2) is 17.2 Å². The molecule has 0 unspecified atom stereocenters. The number of urea groups is 1. The van der Waals surface area contributed by atoms with E-state index in [4.69, 9.17) is 4.74 Å². The van der Waals surface area contributed by atoms with Gasteiger partial charge in [-0.1, -0.05) is 6.07 Å². The monoisotopic (exact) mass is 431 g/mol. The lowest BCUT2D eigenvalue weighted by molar-refractivity contribution is 0.184. The Morgan fingerprint density at radius 3 is 2.53 bits per heavy atom. The lowest BCUT2D eigenvalue weighted by Gasteiger charge is -2.24. The summed E-state index contributed by atoms with van der Waals surface area (Å²) in [7, 11) is -2.31. The fourth-order valence-corrected chi connectivity index (χ4v) is 5.70. The van der Waals surface area contributed by atoms with Gasteiger partial charge >= 0.3 is 6.03 Å².